The maximum atomic E-state index is 5.75. The average Bonchev–Trinajstić information content (AvgIpc) is 1.94. The Morgan fingerprint density at radius 2 is 2.50 bits per heavy atom. The Morgan fingerprint density at radius 1 is 1.70 bits per heavy atom. The summed E-state index contributed by atoms with van der Waals surface area (Å²) in [6.07, 6.45) is 0. The summed E-state index contributed by atoms with van der Waals surface area (Å²) >= 11 is 5.75. The molecule has 0 spiro atoms. The first kappa shape index (κ1) is 7.42. The number of benzene rings is 1. The molecule has 0 bridgehead atoms. The van der Waals surface area contributed by atoms with E-state index in [4.69, 9.17) is 16.3 Å². The highest BCUT2D eigenvalue weighted by molar-refractivity contribution is 6.31. The summed E-state index contributed by atoms with van der Waals surface area (Å²) in [7, 11) is 0. The van der Waals surface area contributed by atoms with E-state index in [2.05, 4.69) is 6.07 Å². The van der Waals surface area contributed by atoms with Crippen LogP contribution in [0, 0.1) is 6.07 Å². The van der Waals surface area contributed by atoms with Crippen molar-refractivity contribution < 1.29 is 4.74 Å². The molecule has 0 aromatic heterocycles. The molecule has 10 heavy (non-hydrogen) atoms. The van der Waals surface area contributed by atoms with Crippen LogP contribution in [0.25, 0.3) is 0 Å². The minimum absolute atomic E-state index is 0.615. The van der Waals surface area contributed by atoms with Crippen molar-refractivity contribution >= 4 is 11.6 Å². The predicted molar refractivity (Wildman–Crippen MR) is 41.5 cm³/mol. The van der Waals surface area contributed by atoms with Crippen LogP contribution >= 0.6 is 11.6 Å². The lowest BCUT2D eigenvalue weighted by atomic mass is 10.3. The van der Waals surface area contributed by atoms with Crippen LogP contribution in [-0.2, 0) is 0 Å². The summed E-state index contributed by atoms with van der Waals surface area (Å²) in [6, 6.07) is 8.26. The van der Waals surface area contributed by atoms with Gasteiger partial charge < -0.3 is 4.74 Å². The van der Waals surface area contributed by atoms with Crippen LogP contribution in [0.3, 0.4) is 0 Å². The molecule has 0 fully saturated rings. The molecule has 0 heterocycles. The SMILES string of the molecule is CCOc1[c]cccc1Cl. The molecule has 0 aliphatic rings. The summed E-state index contributed by atoms with van der Waals surface area (Å²) in [4.78, 5) is 0. The number of halogens is 1. The zero-order valence-corrected chi connectivity index (χ0v) is 6.48. The van der Waals surface area contributed by atoms with Gasteiger partial charge in [-0.15, -0.1) is 0 Å². The van der Waals surface area contributed by atoms with E-state index in [1.165, 1.54) is 0 Å². The lowest BCUT2D eigenvalue weighted by molar-refractivity contribution is 0.340. The third-order valence-corrected chi connectivity index (χ3v) is 1.36. The van der Waals surface area contributed by atoms with Gasteiger partial charge in [-0.05, 0) is 13.0 Å². The fourth-order valence-corrected chi connectivity index (χ4v) is 0.838. The second-order valence-electron chi connectivity index (χ2n) is 1.78. The van der Waals surface area contributed by atoms with Crippen molar-refractivity contribution in [3.05, 3.63) is 29.3 Å². The molecule has 0 aliphatic carbocycles. The van der Waals surface area contributed by atoms with Crippen molar-refractivity contribution in [2.75, 3.05) is 6.61 Å². The standard InChI is InChI=1S/C8H8ClO/c1-2-10-8-6-4-3-5-7(8)9/h3-5H,2H2,1H3. The van der Waals surface area contributed by atoms with Gasteiger partial charge in [0.2, 0.25) is 0 Å². The molecule has 0 amide bonds. The van der Waals surface area contributed by atoms with Crippen LogP contribution < -0.4 is 4.74 Å². The Morgan fingerprint density at radius 3 is 3.10 bits per heavy atom. The number of ether oxygens (including phenoxy) is 1. The Balaban J connectivity index is 2.81. The second kappa shape index (κ2) is 3.47. The van der Waals surface area contributed by atoms with E-state index in [1.807, 2.05) is 13.0 Å². The largest absolute Gasteiger partial charge is 0.492 e. The number of hydrogen-bond acceptors (Lipinski definition) is 1. The molecule has 0 N–H and O–H groups in total. The number of para-hydroxylation sites is 1. The van der Waals surface area contributed by atoms with E-state index in [1.54, 1.807) is 12.1 Å². The first-order valence-electron chi connectivity index (χ1n) is 3.13. The number of rotatable bonds is 2. The molecule has 0 saturated heterocycles. The molecule has 1 radical (unpaired) electrons. The average molecular weight is 156 g/mol. The highest BCUT2D eigenvalue weighted by Crippen LogP contribution is 2.21. The van der Waals surface area contributed by atoms with E-state index in [0.29, 0.717) is 17.4 Å². The van der Waals surface area contributed by atoms with Gasteiger partial charge in [0, 0.05) is 6.07 Å². The van der Waals surface area contributed by atoms with Crippen molar-refractivity contribution in [3.8, 4) is 5.75 Å². The number of hydrogen-bond donors (Lipinski definition) is 0. The van der Waals surface area contributed by atoms with Gasteiger partial charge in [-0.2, -0.15) is 0 Å². The molecule has 53 valence electrons. The third kappa shape index (κ3) is 1.64. The molecule has 2 heteroatoms. The zero-order valence-electron chi connectivity index (χ0n) is 5.73. The van der Waals surface area contributed by atoms with Crippen LogP contribution in [0.2, 0.25) is 5.02 Å². The Kier molecular flexibility index (Phi) is 2.57. The zero-order chi connectivity index (χ0) is 7.40. The first-order valence-corrected chi connectivity index (χ1v) is 3.51. The van der Waals surface area contributed by atoms with E-state index >= 15 is 0 Å². The van der Waals surface area contributed by atoms with E-state index in [-0.39, 0.29) is 0 Å². The van der Waals surface area contributed by atoms with Crippen LogP contribution in [-0.4, -0.2) is 6.61 Å². The Labute approximate surface area is 65.6 Å². The Bertz CT molecular complexity index is 210. The van der Waals surface area contributed by atoms with Crippen LogP contribution in [0.1, 0.15) is 6.92 Å². The molecule has 1 rings (SSSR count). The smallest absolute Gasteiger partial charge is 0.145 e. The van der Waals surface area contributed by atoms with Gasteiger partial charge in [0.15, 0.2) is 0 Å². The van der Waals surface area contributed by atoms with Crippen molar-refractivity contribution in [2.45, 2.75) is 6.92 Å². The molecule has 0 aliphatic heterocycles. The molecule has 0 unspecified atom stereocenters. The van der Waals surface area contributed by atoms with Gasteiger partial charge in [-0.3, -0.25) is 0 Å². The first-order chi connectivity index (χ1) is 4.84. The Hall–Kier alpha value is -0.690. The predicted octanol–water partition coefficient (Wildman–Crippen LogP) is 2.54. The highest BCUT2D eigenvalue weighted by atomic mass is 35.5. The fraction of sp³-hybridized carbons (Fsp3) is 0.250. The topological polar surface area (TPSA) is 9.23 Å². The normalized spacial score (nSPS) is 9.40. The molecular formula is C8H8ClO. The van der Waals surface area contributed by atoms with Gasteiger partial charge in [-0.1, -0.05) is 23.7 Å². The second-order valence-corrected chi connectivity index (χ2v) is 2.19. The van der Waals surface area contributed by atoms with Gasteiger partial charge >= 0.3 is 0 Å². The minimum Gasteiger partial charge on any atom is -0.492 e. The lowest BCUT2D eigenvalue weighted by Gasteiger charge is -2.02. The molecule has 0 atom stereocenters. The third-order valence-electron chi connectivity index (χ3n) is 1.06. The van der Waals surface area contributed by atoms with Crippen LogP contribution in [0.4, 0.5) is 0 Å². The van der Waals surface area contributed by atoms with Crippen molar-refractivity contribution in [3.63, 3.8) is 0 Å². The fourth-order valence-electron chi connectivity index (χ4n) is 0.656. The van der Waals surface area contributed by atoms with E-state index in [9.17, 15) is 0 Å². The van der Waals surface area contributed by atoms with Gasteiger partial charge in [0.25, 0.3) is 0 Å². The molecule has 1 aromatic rings. The summed E-state index contributed by atoms with van der Waals surface area (Å²) < 4.78 is 5.15. The molecule has 1 nitrogen and oxygen atoms in total. The maximum absolute atomic E-state index is 5.75. The highest BCUT2D eigenvalue weighted by Gasteiger charge is 1.96. The van der Waals surface area contributed by atoms with Crippen LogP contribution in [0.5, 0.6) is 5.75 Å². The summed E-state index contributed by atoms with van der Waals surface area (Å²) in [5.74, 6) is 0.631. The van der Waals surface area contributed by atoms with E-state index < -0.39 is 0 Å². The van der Waals surface area contributed by atoms with E-state index in [0.717, 1.165) is 0 Å². The van der Waals surface area contributed by atoms with Crippen molar-refractivity contribution in [1.29, 1.82) is 0 Å². The molecular weight excluding hydrogens is 148 g/mol. The van der Waals surface area contributed by atoms with Crippen LogP contribution in [0.15, 0.2) is 18.2 Å². The van der Waals surface area contributed by atoms with Gasteiger partial charge in [0.1, 0.15) is 5.75 Å². The summed E-state index contributed by atoms with van der Waals surface area (Å²) in [5, 5.41) is 0.615. The summed E-state index contributed by atoms with van der Waals surface area (Å²) in [5.41, 5.74) is 0. The lowest BCUT2D eigenvalue weighted by Crippen LogP contribution is -1.91. The molecule has 0 saturated carbocycles. The van der Waals surface area contributed by atoms with Crippen molar-refractivity contribution in [2.24, 2.45) is 0 Å². The van der Waals surface area contributed by atoms with Crippen molar-refractivity contribution in [1.82, 2.24) is 0 Å². The monoisotopic (exact) mass is 155 g/mol. The molecule has 1 aromatic carbocycles. The summed E-state index contributed by atoms with van der Waals surface area (Å²) in [6.45, 7) is 2.54. The quantitative estimate of drug-likeness (QED) is 0.638. The van der Waals surface area contributed by atoms with Gasteiger partial charge in [0.05, 0.1) is 11.6 Å². The maximum Gasteiger partial charge on any atom is 0.145 e. The minimum atomic E-state index is 0.615. The van der Waals surface area contributed by atoms with Gasteiger partial charge in [-0.25, -0.2) is 0 Å².